The fourth-order valence-corrected chi connectivity index (χ4v) is 4.61. The first-order valence-corrected chi connectivity index (χ1v) is 10.0. The number of hydrogen-bond acceptors (Lipinski definition) is 3. The van der Waals surface area contributed by atoms with Crippen molar-refractivity contribution < 1.29 is 8.42 Å². The van der Waals surface area contributed by atoms with Crippen molar-refractivity contribution in [2.75, 3.05) is 5.75 Å². The van der Waals surface area contributed by atoms with Gasteiger partial charge in [0.25, 0.3) is 0 Å². The highest BCUT2D eigenvalue weighted by molar-refractivity contribution is 7.91. The first-order chi connectivity index (χ1) is 11.0. The summed E-state index contributed by atoms with van der Waals surface area (Å²) in [6.07, 6.45) is 9.68. The Balaban J connectivity index is 1.49. The molecule has 4 nitrogen and oxygen atoms in total. The van der Waals surface area contributed by atoms with Crippen LogP contribution in [-0.4, -0.2) is 24.0 Å². The first-order valence-electron chi connectivity index (χ1n) is 8.38. The van der Waals surface area contributed by atoms with Gasteiger partial charge < -0.3 is 0 Å². The van der Waals surface area contributed by atoms with Crippen molar-refractivity contribution in [1.82, 2.24) is 9.78 Å². The summed E-state index contributed by atoms with van der Waals surface area (Å²) >= 11 is 0. The molecule has 1 aliphatic rings. The highest BCUT2D eigenvalue weighted by Crippen LogP contribution is 2.25. The highest BCUT2D eigenvalue weighted by atomic mass is 32.2. The predicted molar refractivity (Wildman–Crippen MR) is 91.3 cm³/mol. The molecule has 0 aliphatic heterocycles. The van der Waals surface area contributed by atoms with Crippen LogP contribution in [-0.2, 0) is 29.2 Å². The van der Waals surface area contributed by atoms with Crippen LogP contribution >= 0.6 is 0 Å². The molecule has 0 fully saturated rings. The van der Waals surface area contributed by atoms with Gasteiger partial charge in [0.1, 0.15) is 0 Å². The quantitative estimate of drug-likeness (QED) is 0.731. The van der Waals surface area contributed by atoms with Crippen LogP contribution in [0.1, 0.15) is 42.4 Å². The first kappa shape index (κ1) is 16.2. The second-order valence-corrected chi connectivity index (χ2v) is 8.55. The molecule has 0 saturated carbocycles. The van der Waals surface area contributed by atoms with Gasteiger partial charge in [-0.15, -0.1) is 0 Å². The minimum absolute atomic E-state index is 0.240. The van der Waals surface area contributed by atoms with Gasteiger partial charge in [-0.25, -0.2) is 8.42 Å². The van der Waals surface area contributed by atoms with E-state index in [4.69, 9.17) is 0 Å². The summed E-state index contributed by atoms with van der Waals surface area (Å²) in [5.74, 6) is 0.240. The molecule has 2 aromatic rings. The average Bonchev–Trinajstić information content (AvgIpc) is 3.14. The molecule has 0 N–H and O–H groups in total. The van der Waals surface area contributed by atoms with Gasteiger partial charge in [-0.1, -0.05) is 12.5 Å². The SMILES string of the molecule is Cc1cnn(CCCCCS(=O)(=O)c2ccc3c(c2)CCC3)c1. The van der Waals surface area contributed by atoms with E-state index < -0.39 is 9.84 Å². The van der Waals surface area contributed by atoms with E-state index in [1.54, 1.807) is 6.07 Å². The number of unbranched alkanes of at least 4 members (excludes halogenated alkanes) is 2. The Morgan fingerprint density at radius 1 is 1.13 bits per heavy atom. The lowest BCUT2D eigenvalue weighted by atomic mass is 10.1. The van der Waals surface area contributed by atoms with Gasteiger partial charge in [0.2, 0.25) is 0 Å². The zero-order chi connectivity index (χ0) is 16.3. The Bertz CT molecular complexity index is 778. The van der Waals surface area contributed by atoms with Crippen LogP contribution in [0.25, 0.3) is 0 Å². The molecule has 0 amide bonds. The maximum atomic E-state index is 12.5. The van der Waals surface area contributed by atoms with Crippen molar-refractivity contribution in [2.24, 2.45) is 0 Å². The molecule has 3 rings (SSSR count). The van der Waals surface area contributed by atoms with Gasteiger partial charge in [0.05, 0.1) is 16.8 Å². The van der Waals surface area contributed by atoms with Gasteiger partial charge in [0, 0.05) is 12.7 Å². The zero-order valence-corrected chi connectivity index (χ0v) is 14.5. The standard InChI is InChI=1S/C18H24N2O2S/c1-15-13-19-20(14-15)10-3-2-4-11-23(21,22)18-9-8-16-6-5-7-17(16)12-18/h8-9,12-14H,2-7,10-11H2,1H3. The van der Waals surface area contributed by atoms with E-state index in [2.05, 4.69) is 5.10 Å². The minimum Gasteiger partial charge on any atom is -0.272 e. The maximum absolute atomic E-state index is 12.5. The van der Waals surface area contributed by atoms with E-state index in [0.717, 1.165) is 44.2 Å². The van der Waals surface area contributed by atoms with E-state index in [-0.39, 0.29) is 5.75 Å². The fourth-order valence-electron chi connectivity index (χ4n) is 3.19. The third kappa shape index (κ3) is 4.02. The van der Waals surface area contributed by atoms with Crippen LogP contribution in [0.4, 0.5) is 0 Å². The minimum atomic E-state index is -3.15. The smallest absolute Gasteiger partial charge is 0.178 e. The van der Waals surface area contributed by atoms with Crippen molar-refractivity contribution >= 4 is 9.84 Å². The molecule has 23 heavy (non-hydrogen) atoms. The number of aromatic nitrogens is 2. The fraction of sp³-hybridized carbons (Fsp3) is 0.500. The average molecular weight is 332 g/mol. The van der Waals surface area contributed by atoms with Crippen LogP contribution in [0.3, 0.4) is 0 Å². The van der Waals surface area contributed by atoms with Crippen LogP contribution in [0, 0.1) is 6.92 Å². The van der Waals surface area contributed by atoms with Crippen LogP contribution in [0.15, 0.2) is 35.5 Å². The summed E-state index contributed by atoms with van der Waals surface area (Å²) in [6.45, 7) is 2.87. The number of hydrogen-bond donors (Lipinski definition) is 0. The van der Waals surface area contributed by atoms with Crippen molar-refractivity contribution in [3.05, 3.63) is 47.3 Å². The summed E-state index contributed by atoms with van der Waals surface area (Å²) in [7, 11) is -3.15. The molecule has 0 spiro atoms. The van der Waals surface area contributed by atoms with E-state index >= 15 is 0 Å². The molecule has 1 heterocycles. The van der Waals surface area contributed by atoms with Crippen LogP contribution in [0.2, 0.25) is 0 Å². The molecule has 0 atom stereocenters. The molecule has 1 aromatic heterocycles. The Morgan fingerprint density at radius 3 is 2.74 bits per heavy atom. The number of benzene rings is 1. The summed E-state index contributed by atoms with van der Waals surface area (Å²) in [6, 6.07) is 5.67. The van der Waals surface area contributed by atoms with Gasteiger partial charge in [-0.05, 0) is 67.9 Å². The van der Waals surface area contributed by atoms with E-state index in [1.165, 1.54) is 11.1 Å². The molecule has 124 valence electrons. The molecule has 1 aliphatic carbocycles. The number of sulfone groups is 1. The summed E-state index contributed by atoms with van der Waals surface area (Å²) < 4.78 is 26.8. The molecule has 0 bridgehead atoms. The molecule has 0 radical (unpaired) electrons. The Hall–Kier alpha value is -1.62. The summed E-state index contributed by atoms with van der Waals surface area (Å²) in [4.78, 5) is 0.501. The van der Waals surface area contributed by atoms with Crippen LogP contribution in [0.5, 0.6) is 0 Å². The lowest BCUT2D eigenvalue weighted by Crippen LogP contribution is -2.08. The number of rotatable bonds is 7. The van der Waals surface area contributed by atoms with E-state index in [0.29, 0.717) is 11.3 Å². The van der Waals surface area contributed by atoms with E-state index in [9.17, 15) is 8.42 Å². The Labute approximate surface area is 138 Å². The zero-order valence-electron chi connectivity index (χ0n) is 13.7. The predicted octanol–water partition coefficient (Wildman–Crippen LogP) is 3.32. The van der Waals surface area contributed by atoms with Gasteiger partial charge >= 0.3 is 0 Å². The number of fused-ring (bicyclic) bond motifs is 1. The topological polar surface area (TPSA) is 52.0 Å². The van der Waals surface area contributed by atoms with Crippen LogP contribution < -0.4 is 0 Å². The maximum Gasteiger partial charge on any atom is 0.178 e. The van der Waals surface area contributed by atoms with Gasteiger partial charge in [0.15, 0.2) is 9.84 Å². The largest absolute Gasteiger partial charge is 0.272 e. The van der Waals surface area contributed by atoms with Crippen molar-refractivity contribution in [3.63, 3.8) is 0 Å². The lowest BCUT2D eigenvalue weighted by molar-refractivity contribution is 0.548. The Morgan fingerprint density at radius 2 is 1.96 bits per heavy atom. The molecular weight excluding hydrogens is 308 g/mol. The second-order valence-electron chi connectivity index (χ2n) is 6.44. The monoisotopic (exact) mass is 332 g/mol. The molecule has 1 aromatic carbocycles. The molecule has 0 unspecified atom stereocenters. The summed E-state index contributed by atoms with van der Waals surface area (Å²) in [5, 5.41) is 4.24. The van der Waals surface area contributed by atoms with Gasteiger partial charge in [-0.2, -0.15) is 5.10 Å². The normalized spacial score (nSPS) is 14.1. The Kier molecular flexibility index (Phi) is 4.85. The summed E-state index contributed by atoms with van der Waals surface area (Å²) in [5.41, 5.74) is 3.70. The van der Waals surface area contributed by atoms with Crippen molar-refractivity contribution in [3.8, 4) is 0 Å². The second kappa shape index (κ2) is 6.87. The number of nitrogens with zero attached hydrogens (tertiary/aromatic N) is 2. The number of aryl methyl sites for hydroxylation is 4. The van der Waals surface area contributed by atoms with Crippen molar-refractivity contribution in [1.29, 1.82) is 0 Å². The lowest BCUT2D eigenvalue weighted by Gasteiger charge is -2.07. The molecule has 0 saturated heterocycles. The molecular formula is C18H24N2O2S. The van der Waals surface area contributed by atoms with Crippen molar-refractivity contribution in [2.45, 2.75) is 56.9 Å². The van der Waals surface area contributed by atoms with E-state index in [1.807, 2.05) is 36.1 Å². The third-order valence-corrected chi connectivity index (χ3v) is 6.29. The van der Waals surface area contributed by atoms with Gasteiger partial charge in [-0.3, -0.25) is 4.68 Å². The molecule has 5 heteroatoms. The highest BCUT2D eigenvalue weighted by Gasteiger charge is 2.18. The third-order valence-electron chi connectivity index (χ3n) is 4.49.